The van der Waals surface area contributed by atoms with E-state index in [2.05, 4.69) is 10.3 Å². The van der Waals surface area contributed by atoms with E-state index in [1.807, 2.05) is 36.1 Å². The number of nitrogens with zero attached hydrogens (tertiary/aromatic N) is 2. The Morgan fingerprint density at radius 3 is 2.67 bits per heavy atom. The zero-order valence-corrected chi connectivity index (χ0v) is 15.4. The third kappa shape index (κ3) is 4.45. The van der Waals surface area contributed by atoms with E-state index in [0.29, 0.717) is 36.2 Å². The maximum Gasteiger partial charge on any atom is 0.229 e. The molecule has 140 valence electrons. The molecule has 0 bridgehead atoms. The molecule has 1 aromatic carbocycles. The molecule has 6 nitrogen and oxygen atoms in total. The Morgan fingerprint density at radius 2 is 2.00 bits per heavy atom. The number of aromatic nitrogens is 1. The van der Waals surface area contributed by atoms with Crippen molar-refractivity contribution in [3.8, 4) is 11.6 Å². The van der Waals surface area contributed by atoms with Crippen molar-refractivity contribution in [2.75, 3.05) is 18.4 Å². The fourth-order valence-corrected chi connectivity index (χ4v) is 3.22. The standard InChI is InChI=1S/C21H23N3O3/c1-14-2-7-18(8-3-14)27-19-9-6-17(11-22-19)23-21(26)16-10-20(25)24(13-16)12-15-4-5-15/h2-3,6-9,11,15-16H,4-5,10,12-13H2,1H3,(H,23,26)/t16-/m1/s1. The topological polar surface area (TPSA) is 71.5 Å². The Labute approximate surface area is 158 Å². The van der Waals surface area contributed by atoms with Crippen LogP contribution in [-0.4, -0.2) is 34.8 Å². The van der Waals surface area contributed by atoms with Crippen molar-refractivity contribution >= 4 is 17.5 Å². The fraction of sp³-hybridized carbons (Fsp3) is 0.381. The number of hydrogen-bond donors (Lipinski definition) is 1. The first-order chi connectivity index (χ1) is 13.1. The Bertz CT molecular complexity index is 829. The molecule has 6 heteroatoms. The molecule has 27 heavy (non-hydrogen) atoms. The van der Waals surface area contributed by atoms with Gasteiger partial charge >= 0.3 is 0 Å². The molecule has 1 atom stereocenters. The van der Waals surface area contributed by atoms with Crippen LogP contribution in [0.15, 0.2) is 42.6 Å². The smallest absolute Gasteiger partial charge is 0.229 e. The quantitative estimate of drug-likeness (QED) is 0.852. The van der Waals surface area contributed by atoms with Crippen LogP contribution >= 0.6 is 0 Å². The summed E-state index contributed by atoms with van der Waals surface area (Å²) in [5, 5.41) is 2.86. The molecule has 4 rings (SSSR count). The van der Waals surface area contributed by atoms with Crippen molar-refractivity contribution in [2.45, 2.75) is 26.2 Å². The van der Waals surface area contributed by atoms with Crippen LogP contribution < -0.4 is 10.1 Å². The molecule has 2 aliphatic rings. The van der Waals surface area contributed by atoms with Gasteiger partial charge in [-0.25, -0.2) is 4.98 Å². The summed E-state index contributed by atoms with van der Waals surface area (Å²) in [4.78, 5) is 30.6. The summed E-state index contributed by atoms with van der Waals surface area (Å²) in [5.41, 5.74) is 1.76. The first-order valence-electron chi connectivity index (χ1n) is 9.36. The molecule has 1 N–H and O–H groups in total. The van der Waals surface area contributed by atoms with Gasteiger partial charge < -0.3 is 15.0 Å². The van der Waals surface area contributed by atoms with E-state index < -0.39 is 0 Å². The largest absolute Gasteiger partial charge is 0.439 e. The van der Waals surface area contributed by atoms with Gasteiger partial charge in [0.15, 0.2) is 0 Å². The average molecular weight is 365 g/mol. The van der Waals surface area contributed by atoms with Crippen LogP contribution in [0, 0.1) is 18.8 Å². The van der Waals surface area contributed by atoms with Crippen LogP contribution in [0.3, 0.4) is 0 Å². The lowest BCUT2D eigenvalue weighted by Gasteiger charge is -2.16. The van der Waals surface area contributed by atoms with Gasteiger partial charge in [-0.2, -0.15) is 0 Å². The minimum Gasteiger partial charge on any atom is -0.439 e. The van der Waals surface area contributed by atoms with E-state index in [1.165, 1.54) is 12.8 Å². The third-order valence-electron chi connectivity index (χ3n) is 5.01. The number of aryl methyl sites for hydroxylation is 1. The number of likely N-dealkylation sites (tertiary alicyclic amines) is 1. The predicted octanol–water partition coefficient (Wildman–Crippen LogP) is 3.38. The molecule has 2 heterocycles. The van der Waals surface area contributed by atoms with Crippen LogP contribution in [0.5, 0.6) is 11.6 Å². The molecular formula is C21H23N3O3. The van der Waals surface area contributed by atoms with E-state index in [9.17, 15) is 9.59 Å². The Hall–Kier alpha value is -2.89. The summed E-state index contributed by atoms with van der Waals surface area (Å²) in [6.45, 7) is 3.33. The van der Waals surface area contributed by atoms with Crippen molar-refractivity contribution in [1.82, 2.24) is 9.88 Å². The van der Waals surface area contributed by atoms with Gasteiger partial charge in [0.25, 0.3) is 0 Å². The maximum absolute atomic E-state index is 12.5. The minimum atomic E-state index is -0.292. The lowest BCUT2D eigenvalue weighted by molar-refractivity contribution is -0.128. The summed E-state index contributed by atoms with van der Waals surface area (Å²) in [6, 6.07) is 11.2. The van der Waals surface area contributed by atoms with Gasteiger partial charge in [0, 0.05) is 25.6 Å². The molecule has 1 aliphatic carbocycles. The molecule has 1 saturated carbocycles. The second-order valence-corrected chi connectivity index (χ2v) is 7.43. The number of carbonyl (C=O) groups is 2. The maximum atomic E-state index is 12.5. The number of anilines is 1. The van der Waals surface area contributed by atoms with Gasteiger partial charge in [0.05, 0.1) is 17.8 Å². The number of ether oxygens (including phenoxy) is 1. The molecule has 0 spiro atoms. The highest BCUT2D eigenvalue weighted by molar-refractivity contribution is 5.97. The van der Waals surface area contributed by atoms with Crippen molar-refractivity contribution < 1.29 is 14.3 Å². The number of rotatable bonds is 6. The Morgan fingerprint density at radius 1 is 1.22 bits per heavy atom. The first-order valence-corrected chi connectivity index (χ1v) is 9.36. The monoisotopic (exact) mass is 365 g/mol. The summed E-state index contributed by atoms with van der Waals surface area (Å²) in [7, 11) is 0. The van der Waals surface area contributed by atoms with Gasteiger partial charge in [-0.3, -0.25) is 9.59 Å². The van der Waals surface area contributed by atoms with Crippen LogP contribution in [0.4, 0.5) is 5.69 Å². The SMILES string of the molecule is Cc1ccc(Oc2ccc(NC(=O)[C@@H]3CC(=O)N(CC4CC4)C3)cn2)cc1. The van der Waals surface area contributed by atoms with Gasteiger partial charge in [-0.1, -0.05) is 17.7 Å². The third-order valence-corrected chi connectivity index (χ3v) is 5.01. The molecule has 0 unspecified atom stereocenters. The zero-order valence-electron chi connectivity index (χ0n) is 15.4. The van der Waals surface area contributed by atoms with E-state index in [0.717, 1.165) is 12.1 Å². The van der Waals surface area contributed by atoms with E-state index in [4.69, 9.17) is 4.74 Å². The second kappa shape index (κ2) is 7.39. The van der Waals surface area contributed by atoms with Gasteiger partial charge in [0.2, 0.25) is 17.7 Å². The molecule has 2 amide bonds. The second-order valence-electron chi connectivity index (χ2n) is 7.43. The zero-order chi connectivity index (χ0) is 18.8. The highest BCUT2D eigenvalue weighted by Crippen LogP contribution is 2.32. The van der Waals surface area contributed by atoms with Crippen molar-refractivity contribution in [2.24, 2.45) is 11.8 Å². The molecule has 2 fully saturated rings. The fourth-order valence-electron chi connectivity index (χ4n) is 3.22. The minimum absolute atomic E-state index is 0.0852. The van der Waals surface area contributed by atoms with Gasteiger partial charge in [-0.15, -0.1) is 0 Å². The number of benzene rings is 1. The summed E-state index contributed by atoms with van der Waals surface area (Å²) in [5.74, 6) is 1.48. The van der Waals surface area contributed by atoms with Crippen molar-refractivity contribution in [3.63, 3.8) is 0 Å². The van der Waals surface area contributed by atoms with E-state index >= 15 is 0 Å². The van der Waals surface area contributed by atoms with Crippen molar-refractivity contribution in [3.05, 3.63) is 48.2 Å². The molecule has 1 saturated heterocycles. The molecular weight excluding hydrogens is 342 g/mol. The molecule has 2 aromatic rings. The first kappa shape index (κ1) is 17.5. The number of hydrogen-bond acceptors (Lipinski definition) is 4. The highest BCUT2D eigenvalue weighted by atomic mass is 16.5. The van der Waals surface area contributed by atoms with E-state index in [-0.39, 0.29) is 17.7 Å². The van der Waals surface area contributed by atoms with Gasteiger partial charge in [-0.05, 0) is 43.9 Å². The van der Waals surface area contributed by atoms with Crippen LogP contribution in [-0.2, 0) is 9.59 Å². The Kier molecular flexibility index (Phi) is 4.79. The van der Waals surface area contributed by atoms with Gasteiger partial charge in [0.1, 0.15) is 5.75 Å². The summed E-state index contributed by atoms with van der Waals surface area (Å²) >= 11 is 0. The lowest BCUT2D eigenvalue weighted by Crippen LogP contribution is -2.29. The van der Waals surface area contributed by atoms with Crippen LogP contribution in [0.2, 0.25) is 0 Å². The van der Waals surface area contributed by atoms with Crippen LogP contribution in [0.25, 0.3) is 0 Å². The average Bonchev–Trinajstić information content (AvgIpc) is 3.40. The normalized spacial score (nSPS) is 19.2. The number of carbonyl (C=O) groups excluding carboxylic acids is 2. The van der Waals surface area contributed by atoms with E-state index in [1.54, 1.807) is 18.3 Å². The summed E-state index contributed by atoms with van der Waals surface area (Å²) < 4.78 is 5.69. The van der Waals surface area contributed by atoms with Crippen LogP contribution in [0.1, 0.15) is 24.8 Å². The number of pyridine rings is 1. The molecule has 0 radical (unpaired) electrons. The van der Waals surface area contributed by atoms with Crippen molar-refractivity contribution in [1.29, 1.82) is 0 Å². The number of amides is 2. The predicted molar refractivity (Wildman–Crippen MR) is 102 cm³/mol. The lowest BCUT2D eigenvalue weighted by atomic mass is 10.1. The summed E-state index contributed by atoms with van der Waals surface area (Å²) in [6.07, 6.45) is 4.26. The molecule has 1 aliphatic heterocycles. The number of nitrogens with one attached hydrogen (secondary N) is 1. The molecule has 1 aromatic heterocycles. The Balaban J connectivity index is 1.32. The highest BCUT2D eigenvalue weighted by Gasteiger charge is 2.37.